The van der Waals surface area contributed by atoms with Crippen LogP contribution in [0.1, 0.15) is 5.56 Å². The molecule has 0 radical (unpaired) electrons. The van der Waals surface area contributed by atoms with Crippen LogP contribution in [0.15, 0.2) is 35.2 Å². The molecule has 0 aliphatic carbocycles. The summed E-state index contributed by atoms with van der Waals surface area (Å²) >= 11 is 6.68. The number of carbonyl (C=O) groups excluding carboxylic acids is 1. The number of hydrogen-bond acceptors (Lipinski definition) is 8. The highest BCUT2D eigenvalue weighted by Crippen LogP contribution is 2.43. The van der Waals surface area contributed by atoms with Gasteiger partial charge in [0, 0.05) is 6.07 Å². The lowest BCUT2D eigenvalue weighted by molar-refractivity contribution is -0.113. The fraction of sp³-hybridized carbons (Fsp3) is 0.238. The first-order chi connectivity index (χ1) is 14.5. The summed E-state index contributed by atoms with van der Waals surface area (Å²) in [5.41, 5.74) is 1.26. The van der Waals surface area contributed by atoms with E-state index in [1.807, 2.05) is 0 Å². The lowest BCUT2D eigenvalue weighted by Crippen LogP contribution is -2.27. The van der Waals surface area contributed by atoms with Crippen LogP contribution in [-0.4, -0.2) is 45.8 Å². The first-order valence-electron chi connectivity index (χ1n) is 8.77. The van der Waals surface area contributed by atoms with Crippen LogP contribution in [0.2, 0.25) is 0 Å². The Morgan fingerprint density at radius 1 is 0.867 bits per heavy atom. The molecule has 0 saturated carbocycles. The largest absolute Gasteiger partial charge is 0.497 e. The van der Waals surface area contributed by atoms with E-state index >= 15 is 0 Å². The average Bonchev–Trinajstić information content (AvgIpc) is 3.04. The predicted molar refractivity (Wildman–Crippen MR) is 121 cm³/mol. The number of rotatable bonds is 7. The van der Waals surface area contributed by atoms with E-state index in [2.05, 4.69) is 0 Å². The van der Waals surface area contributed by atoms with Crippen molar-refractivity contribution in [3.05, 3.63) is 40.8 Å². The lowest BCUT2D eigenvalue weighted by atomic mass is 10.1. The Bertz CT molecular complexity index is 996. The molecule has 1 saturated heterocycles. The monoisotopic (exact) mass is 447 g/mol. The number of carbonyl (C=O) groups is 1. The average molecular weight is 448 g/mol. The van der Waals surface area contributed by atoms with Crippen LogP contribution in [0.4, 0.5) is 5.69 Å². The summed E-state index contributed by atoms with van der Waals surface area (Å²) in [6, 6.07) is 8.73. The van der Waals surface area contributed by atoms with E-state index in [0.717, 1.165) is 0 Å². The van der Waals surface area contributed by atoms with Crippen LogP contribution in [-0.2, 0) is 4.79 Å². The maximum atomic E-state index is 13.2. The van der Waals surface area contributed by atoms with Crippen LogP contribution >= 0.6 is 24.0 Å². The highest BCUT2D eigenvalue weighted by atomic mass is 32.2. The van der Waals surface area contributed by atoms with Gasteiger partial charge in [-0.3, -0.25) is 9.69 Å². The normalized spacial score (nSPS) is 14.8. The Kier molecular flexibility index (Phi) is 6.73. The molecule has 0 spiro atoms. The molecular weight excluding hydrogens is 426 g/mol. The third-order valence-corrected chi connectivity index (χ3v) is 5.71. The van der Waals surface area contributed by atoms with Gasteiger partial charge in [0.1, 0.15) is 11.5 Å². The maximum absolute atomic E-state index is 13.2. The molecule has 1 fully saturated rings. The van der Waals surface area contributed by atoms with Gasteiger partial charge in [0.15, 0.2) is 15.8 Å². The second-order valence-electron chi connectivity index (χ2n) is 6.01. The van der Waals surface area contributed by atoms with E-state index in [-0.39, 0.29) is 5.91 Å². The zero-order valence-corrected chi connectivity index (χ0v) is 18.8. The van der Waals surface area contributed by atoms with Crippen molar-refractivity contribution in [2.24, 2.45) is 0 Å². The molecule has 3 rings (SSSR count). The molecule has 2 aromatic rings. The molecule has 30 heavy (non-hydrogen) atoms. The zero-order valence-electron chi connectivity index (χ0n) is 17.2. The van der Waals surface area contributed by atoms with Gasteiger partial charge in [-0.05, 0) is 35.9 Å². The minimum Gasteiger partial charge on any atom is -0.497 e. The lowest BCUT2D eigenvalue weighted by Gasteiger charge is -2.18. The van der Waals surface area contributed by atoms with E-state index in [1.165, 1.54) is 45.1 Å². The van der Waals surface area contributed by atoms with Crippen LogP contribution in [0, 0.1) is 0 Å². The Hall–Kier alpha value is -2.91. The van der Waals surface area contributed by atoms with Gasteiger partial charge in [-0.15, -0.1) is 0 Å². The smallest absolute Gasteiger partial charge is 0.270 e. The van der Waals surface area contributed by atoms with Crippen molar-refractivity contribution in [2.75, 3.05) is 40.4 Å². The third-order valence-electron chi connectivity index (χ3n) is 4.41. The fourth-order valence-corrected chi connectivity index (χ4v) is 4.27. The summed E-state index contributed by atoms with van der Waals surface area (Å²) in [6.45, 7) is 0. The molecule has 0 bridgehead atoms. The minimum atomic E-state index is -0.248. The van der Waals surface area contributed by atoms with Crippen LogP contribution < -0.4 is 28.6 Å². The summed E-state index contributed by atoms with van der Waals surface area (Å²) in [7, 11) is 7.70. The van der Waals surface area contributed by atoms with Crippen molar-refractivity contribution in [3.63, 3.8) is 0 Å². The van der Waals surface area contributed by atoms with Gasteiger partial charge < -0.3 is 23.7 Å². The third kappa shape index (κ3) is 4.03. The van der Waals surface area contributed by atoms with Crippen molar-refractivity contribution in [1.29, 1.82) is 0 Å². The molecule has 0 N–H and O–H groups in total. The molecule has 1 aliphatic rings. The standard InChI is InChI=1S/C21H21NO6S2/c1-24-13-6-7-14(15(11-13)25-2)22-20(23)18(30-21(22)29)10-12-8-16(26-3)19(28-5)17(9-12)27-4/h6-11H,1-5H3/b18-10-. The van der Waals surface area contributed by atoms with Gasteiger partial charge in [0.25, 0.3) is 5.91 Å². The van der Waals surface area contributed by atoms with Gasteiger partial charge in [0.2, 0.25) is 5.75 Å². The van der Waals surface area contributed by atoms with Gasteiger partial charge in [-0.2, -0.15) is 0 Å². The molecule has 7 nitrogen and oxygen atoms in total. The van der Waals surface area contributed by atoms with Gasteiger partial charge in [0.05, 0.1) is 46.1 Å². The Morgan fingerprint density at radius 3 is 2.03 bits per heavy atom. The van der Waals surface area contributed by atoms with E-state index < -0.39 is 0 Å². The Balaban J connectivity index is 2.00. The van der Waals surface area contributed by atoms with Crippen LogP contribution in [0.5, 0.6) is 28.7 Å². The molecule has 9 heteroatoms. The summed E-state index contributed by atoms with van der Waals surface area (Å²) < 4.78 is 27.2. The SMILES string of the molecule is COc1ccc(N2C(=O)/C(=C/c3cc(OC)c(OC)c(OC)c3)SC2=S)c(OC)c1. The van der Waals surface area contributed by atoms with Crippen molar-refractivity contribution in [3.8, 4) is 28.7 Å². The first-order valence-corrected chi connectivity index (χ1v) is 9.99. The van der Waals surface area contributed by atoms with Gasteiger partial charge in [-0.1, -0.05) is 24.0 Å². The van der Waals surface area contributed by atoms with Crippen LogP contribution in [0.3, 0.4) is 0 Å². The second kappa shape index (κ2) is 9.27. The van der Waals surface area contributed by atoms with Crippen molar-refractivity contribution >= 4 is 46.0 Å². The summed E-state index contributed by atoms with van der Waals surface area (Å²) in [5.74, 6) is 2.33. The number of thiocarbonyl (C=S) groups is 1. The molecule has 1 heterocycles. The molecule has 1 amide bonds. The second-order valence-corrected chi connectivity index (χ2v) is 7.69. The number of hydrogen-bond donors (Lipinski definition) is 0. The van der Waals surface area contributed by atoms with E-state index in [1.54, 1.807) is 43.5 Å². The highest BCUT2D eigenvalue weighted by molar-refractivity contribution is 8.27. The molecule has 0 atom stereocenters. The van der Waals surface area contributed by atoms with Gasteiger partial charge in [-0.25, -0.2) is 0 Å². The Labute approximate surface area is 184 Å². The molecule has 158 valence electrons. The first kappa shape index (κ1) is 21.8. The number of ether oxygens (including phenoxy) is 5. The van der Waals surface area contributed by atoms with Gasteiger partial charge >= 0.3 is 0 Å². The number of anilines is 1. The van der Waals surface area contributed by atoms with Crippen molar-refractivity contribution in [1.82, 2.24) is 0 Å². The molecule has 0 unspecified atom stereocenters. The summed E-state index contributed by atoms with van der Waals surface area (Å²) in [6.07, 6.45) is 1.74. The topological polar surface area (TPSA) is 66.5 Å². The summed E-state index contributed by atoms with van der Waals surface area (Å²) in [5, 5.41) is 0. The predicted octanol–water partition coefficient (Wildman–Crippen LogP) is 4.14. The van der Waals surface area contributed by atoms with E-state index in [4.69, 9.17) is 35.9 Å². The number of nitrogens with zero attached hydrogens (tertiary/aromatic N) is 1. The minimum absolute atomic E-state index is 0.248. The molecule has 1 aliphatic heterocycles. The van der Waals surface area contributed by atoms with Crippen LogP contribution in [0.25, 0.3) is 6.08 Å². The number of amides is 1. The molecular formula is C21H21NO6S2. The Morgan fingerprint density at radius 2 is 1.50 bits per heavy atom. The summed E-state index contributed by atoms with van der Waals surface area (Å²) in [4.78, 5) is 15.1. The number of benzene rings is 2. The van der Waals surface area contributed by atoms with Crippen molar-refractivity contribution < 1.29 is 28.5 Å². The van der Waals surface area contributed by atoms with Crippen molar-refractivity contribution in [2.45, 2.75) is 0 Å². The highest BCUT2D eigenvalue weighted by Gasteiger charge is 2.35. The van der Waals surface area contributed by atoms with E-state index in [0.29, 0.717) is 49.2 Å². The van der Waals surface area contributed by atoms with E-state index in [9.17, 15) is 4.79 Å². The quantitative estimate of drug-likeness (QED) is 0.464. The maximum Gasteiger partial charge on any atom is 0.270 e. The molecule has 2 aromatic carbocycles. The fourth-order valence-electron chi connectivity index (χ4n) is 2.98. The number of thioether (sulfide) groups is 1. The number of methoxy groups -OCH3 is 5. The molecule has 0 aromatic heterocycles. The zero-order chi connectivity index (χ0) is 21.8.